The molecule has 4 aromatic rings. The Hall–Kier alpha value is -4.14. The second kappa shape index (κ2) is 10.5. The van der Waals surface area contributed by atoms with E-state index in [1.165, 1.54) is 24.3 Å². The summed E-state index contributed by atoms with van der Waals surface area (Å²) in [6.45, 7) is 2.47. The highest BCUT2D eigenvalue weighted by Crippen LogP contribution is 2.43. The Labute approximate surface area is 257 Å². The van der Waals surface area contributed by atoms with Crippen LogP contribution in [0.25, 0.3) is 32.8 Å². The molecule has 4 atom stereocenters. The molecule has 3 aromatic carbocycles. The zero-order valence-electron chi connectivity index (χ0n) is 24.4. The lowest BCUT2D eigenvalue weighted by atomic mass is 9.92. The summed E-state index contributed by atoms with van der Waals surface area (Å²) in [6.07, 6.45) is 8.71. The van der Waals surface area contributed by atoms with Crippen molar-refractivity contribution in [3.63, 3.8) is 0 Å². The Balaban J connectivity index is 1.30. The average molecular weight is 618 g/mol. The topological polar surface area (TPSA) is 73.8 Å². The van der Waals surface area contributed by atoms with Crippen LogP contribution in [0.3, 0.4) is 0 Å². The summed E-state index contributed by atoms with van der Waals surface area (Å²) in [4.78, 5) is 13.3. The molecule has 7 nitrogen and oxygen atoms in total. The van der Waals surface area contributed by atoms with Gasteiger partial charge in [-0.3, -0.25) is 4.90 Å². The fraction of sp³-hybridized carbons (Fsp3) is 0.412. The molecule has 0 amide bonds. The lowest BCUT2D eigenvalue weighted by Gasteiger charge is -2.34. The highest BCUT2D eigenvalue weighted by Gasteiger charge is 2.49. The number of aromatic hydroxyl groups is 1. The number of hydrogen-bond acceptors (Lipinski definition) is 7. The Morgan fingerprint density at radius 3 is 2.64 bits per heavy atom. The van der Waals surface area contributed by atoms with Gasteiger partial charge in [-0.05, 0) is 61.9 Å². The molecule has 1 aromatic heterocycles. The number of phenols is 1. The number of anilines is 1. The molecule has 0 saturated carbocycles. The standard InChI is InChI=1S/C34H31F4N5O2/c1-2-23-26(36)7-4-18-10-22(44)11-24(28(18)23)29-27(37)12-25-31(30(29)38)40-33(41-32(25)42-15-20-5-6-21(16-42)39-20)45-17-34-8-3-9-43(34)14-19(35)13-34/h1,4,7,10-12,19-21,39,44H,3,5-6,8-9,13-17H2/t19-,20?,21?,34?/m1/s1. The first-order valence-corrected chi connectivity index (χ1v) is 15.4. The molecule has 0 spiro atoms. The molecule has 3 unspecified atom stereocenters. The molecule has 0 radical (unpaired) electrons. The van der Waals surface area contributed by atoms with Gasteiger partial charge in [0.25, 0.3) is 0 Å². The van der Waals surface area contributed by atoms with Crippen molar-refractivity contribution in [2.45, 2.75) is 55.9 Å². The van der Waals surface area contributed by atoms with E-state index in [1.807, 2.05) is 4.90 Å². The molecule has 5 heterocycles. The molecular formula is C34H31F4N5O2. The minimum Gasteiger partial charge on any atom is -0.508 e. The van der Waals surface area contributed by atoms with Gasteiger partial charge in [0.15, 0.2) is 5.82 Å². The quantitative estimate of drug-likeness (QED) is 0.228. The van der Waals surface area contributed by atoms with Crippen LogP contribution >= 0.6 is 0 Å². The van der Waals surface area contributed by atoms with Crippen molar-refractivity contribution in [3.8, 4) is 35.2 Å². The third-order valence-corrected chi connectivity index (χ3v) is 10.1. The average Bonchev–Trinajstić information content (AvgIpc) is 3.66. The maximum atomic E-state index is 16.8. The van der Waals surface area contributed by atoms with Gasteiger partial charge in [0.1, 0.15) is 41.5 Å². The number of rotatable bonds is 5. The first kappa shape index (κ1) is 28.3. The molecule has 2 N–H and O–H groups in total. The van der Waals surface area contributed by atoms with E-state index < -0.39 is 34.7 Å². The molecule has 0 aliphatic carbocycles. The molecule has 4 aliphatic heterocycles. The predicted molar refractivity (Wildman–Crippen MR) is 163 cm³/mol. The molecular weight excluding hydrogens is 586 g/mol. The van der Waals surface area contributed by atoms with Gasteiger partial charge in [-0.1, -0.05) is 12.0 Å². The maximum Gasteiger partial charge on any atom is 0.319 e. The number of ether oxygens (including phenoxy) is 1. The van der Waals surface area contributed by atoms with E-state index in [0.717, 1.165) is 38.3 Å². The summed E-state index contributed by atoms with van der Waals surface area (Å²) in [5.41, 5.74) is -1.43. The van der Waals surface area contributed by atoms with Gasteiger partial charge < -0.3 is 20.1 Å². The molecule has 4 aliphatic rings. The number of fused-ring (bicyclic) bond motifs is 5. The summed E-state index contributed by atoms with van der Waals surface area (Å²) in [6, 6.07) is 6.61. The van der Waals surface area contributed by atoms with E-state index in [-0.39, 0.29) is 57.9 Å². The van der Waals surface area contributed by atoms with Crippen molar-refractivity contribution in [2.24, 2.45) is 0 Å². The first-order valence-electron chi connectivity index (χ1n) is 15.4. The van der Waals surface area contributed by atoms with Crippen molar-refractivity contribution < 1.29 is 27.4 Å². The van der Waals surface area contributed by atoms with Crippen LogP contribution in [0.2, 0.25) is 0 Å². The van der Waals surface area contributed by atoms with E-state index >= 15 is 8.78 Å². The van der Waals surface area contributed by atoms with Crippen LogP contribution in [-0.2, 0) is 0 Å². The third kappa shape index (κ3) is 4.57. The summed E-state index contributed by atoms with van der Waals surface area (Å²) in [7, 11) is 0. The van der Waals surface area contributed by atoms with Crippen LogP contribution in [0, 0.1) is 29.8 Å². The van der Waals surface area contributed by atoms with Crippen molar-refractivity contribution >= 4 is 27.5 Å². The van der Waals surface area contributed by atoms with Crippen molar-refractivity contribution in [1.82, 2.24) is 20.2 Å². The summed E-state index contributed by atoms with van der Waals surface area (Å²) >= 11 is 0. The largest absolute Gasteiger partial charge is 0.508 e. The van der Waals surface area contributed by atoms with Crippen LogP contribution in [0.5, 0.6) is 11.8 Å². The van der Waals surface area contributed by atoms with Crippen LogP contribution < -0.4 is 15.0 Å². The summed E-state index contributed by atoms with van der Waals surface area (Å²) in [5.74, 6) is -0.295. The number of benzene rings is 3. The lowest BCUT2D eigenvalue weighted by molar-refractivity contribution is 0.107. The number of nitrogens with zero attached hydrogens (tertiary/aromatic N) is 4. The number of terminal acetylenes is 1. The SMILES string of the molecule is C#Cc1c(F)ccc2cc(O)cc(-c3c(F)cc4c(N5CC6CCC(C5)N6)nc(OCC56CCCN5C[C@H](F)C6)nc4c3F)c12. The van der Waals surface area contributed by atoms with E-state index in [9.17, 15) is 13.9 Å². The molecule has 4 saturated heterocycles. The van der Waals surface area contributed by atoms with Gasteiger partial charge in [-0.15, -0.1) is 6.42 Å². The van der Waals surface area contributed by atoms with Crippen LogP contribution in [-0.4, -0.2) is 76.6 Å². The third-order valence-electron chi connectivity index (χ3n) is 10.1. The van der Waals surface area contributed by atoms with E-state index in [2.05, 4.69) is 21.1 Å². The first-order chi connectivity index (χ1) is 21.7. The minimum absolute atomic E-state index is 0.0838. The Morgan fingerprint density at radius 2 is 1.87 bits per heavy atom. The van der Waals surface area contributed by atoms with Crippen molar-refractivity contribution in [3.05, 3.63) is 53.3 Å². The van der Waals surface area contributed by atoms with Crippen LogP contribution in [0.4, 0.5) is 23.4 Å². The lowest BCUT2D eigenvalue weighted by Crippen LogP contribution is -2.51. The monoisotopic (exact) mass is 617 g/mol. The summed E-state index contributed by atoms with van der Waals surface area (Å²) in [5, 5.41) is 14.6. The van der Waals surface area contributed by atoms with Gasteiger partial charge in [0.2, 0.25) is 0 Å². The zero-order valence-corrected chi connectivity index (χ0v) is 24.4. The van der Waals surface area contributed by atoms with Crippen LogP contribution in [0.15, 0.2) is 30.3 Å². The minimum atomic E-state index is -1.01. The smallest absolute Gasteiger partial charge is 0.319 e. The second-order valence-electron chi connectivity index (χ2n) is 12.8. The van der Waals surface area contributed by atoms with Gasteiger partial charge in [-0.25, -0.2) is 17.6 Å². The van der Waals surface area contributed by atoms with Gasteiger partial charge in [0.05, 0.1) is 16.7 Å². The summed E-state index contributed by atoms with van der Waals surface area (Å²) < 4.78 is 68.4. The van der Waals surface area contributed by atoms with E-state index in [1.54, 1.807) is 0 Å². The molecule has 8 rings (SSSR count). The van der Waals surface area contributed by atoms with Gasteiger partial charge in [0, 0.05) is 54.5 Å². The van der Waals surface area contributed by atoms with E-state index in [4.69, 9.17) is 16.1 Å². The van der Waals surface area contributed by atoms with Crippen LogP contribution in [0.1, 0.15) is 37.7 Å². The molecule has 11 heteroatoms. The van der Waals surface area contributed by atoms with Crippen molar-refractivity contribution in [2.75, 3.05) is 37.7 Å². The van der Waals surface area contributed by atoms with E-state index in [0.29, 0.717) is 37.3 Å². The number of nitrogens with one attached hydrogen (secondary N) is 1. The van der Waals surface area contributed by atoms with Gasteiger partial charge in [-0.2, -0.15) is 9.97 Å². The number of aromatic nitrogens is 2. The fourth-order valence-corrected chi connectivity index (χ4v) is 8.09. The normalized spacial score (nSPS) is 26.1. The number of alkyl halides is 1. The highest BCUT2D eigenvalue weighted by molar-refractivity contribution is 6.04. The Bertz CT molecular complexity index is 1900. The number of halogens is 4. The highest BCUT2D eigenvalue weighted by atomic mass is 19.1. The fourth-order valence-electron chi connectivity index (χ4n) is 8.09. The number of piperazine rings is 1. The molecule has 4 fully saturated rings. The predicted octanol–water partition coefficient (Wildman–Crippen LogP) is 5.45. The zero-order chi connectivity index (χ0) is 31.0. The van der Waals surface area contributed by atoms with Crippen molar-refractivity contribution in [1.29, 1.82) is 0 Å². The Morgan fingerprint density at radius 1 is 1.07 bits per heavy atom. The van der Waals surface area contributed by atoms with Gasteiger partial charge >= 0.3 is 6.01 Å². The Kier molecular flexibility index (Phi) is 6.59. The molecule has 2 bridgehead atoms. The molecule has 45 heavy (non-hydrogen) atoms. The number of phenolic OH excluding ortho intramolecular Hbond substituents is 1. The number of hydrogen-bond donors (Lipinski definition) is 2. The molecule has 232 valence electrons. The second-order valence-corrected chi connectivity index (χ2v) is 12.8. The maximum absolute atomic E-state index is 16.8.